The molecule has 2 aromatic carbocycles. The van der Waals surface area contributed by atoms with Gasteiger partial charge >= 0.3 is 5.97 Å². The third-order valence-electron chi connectivity index (χ3n) is 4.15. The molecule has 0 saturated carbocycles. The molecule has 0 aliphatic heterocycles. The third-order valence-corrected chi connectivity index (χ3v) is 4.15. The van der Waals surface area contributed by atoms with E-state index in [1.165, 1.54) is 25.1 Å². The minimum Gasteiger partial charge on any atom is -0.448 e. The van der Waals surface area contributed by atoms with Gasteiger partial charge in [0.2, 0.25) is 0 Å². The molecule has 6 nitrogen and oxygen atoms in total. The highest BCUT2D eigenvalue weighted by Crippen LogP contribution is 2.16. The number of nitrogens with zero attached hydrogens (tertiary/aromatic N) is 2. The fourth-order valence-corrected chi connectivity index (χ4v) is 2.36. The van der Waals surface area contributed by atoms with Gasteiger partial charge in [0.25, 0.3) is 5.91 Å². The first-order chi connectivity index (χ1) is 13.7. The Labute approximate surface area is 169 Å². The van der Waals surface area contributed by atoms with Crippen molar-refractivity contribution in [2.24, 2.45) is 0 Å². The lowest BCUT2D eigenvalue weighted by Crippen LogP contribution is -2.30. The number of halogens is 1. The smallest absolute Gasteiger partial charge is 0.349 e. The maximum Gasteiger partial charge on any atom is 0.349 e. The summed E-state index contributed by atoms with van der Waals surface area (Å²) in [6.45, 7) is 2.98. The molecule has 7 heteroatoms. The van der Waals surface area contributed by atoms with Crippen LogP contribution >= 0.6 is 0 Å². The SMILES string of the molecule is Cc1ccc(NC(=O)[C@@H](C)OC(=O)/C(C#N)=C/c2ccc(N(C)C)cc2)cc1F. The van der Waals surface area contributed by atoms with Crippen LogP contribution in [0.15, 0.2) is 48.0 Å². The zero-order valence-electron chi connectivity index (χ0n) is 16.7. The average molecular weight is 395 g/mol. The number of anilines is 2. The van der Waals surface area contributed by atoms with Gasteiger partial charge in [-0.2, -0.15) is 5.26 Å². The minimum absolute atomic E-state index is 0.233. The summed E-state index contributed by atoms with van der Waals surface area (Å²) in [5, 5.41) is 11.7. The van der Waals surface area contributed by atoms with Gasteiger partial charge in [-0.25, -0.2) is 9.18 Å². The zero-order chi connectivity index (χ0) is 21.6. The van der Waals surface area contributed by atoms with Gasteiger partial charge < -0.3 is 15.0 Å². The van der Waals surface area contributed by atoms with Crippen LogP contribution < -0.4 is 10.2 Å². The molecule has 0 fully saturated rings. The lowest BCUT2D eigenvalue weighted by Gasteiger charge is -2.14. The summed E-state index contributed by atoms with van der Waals surface area (Å²) in [6.07, 6.45) is 0.224. The molecule has 0 radical (unpaired) electrons. The molecular weight excluding hydrogens is 373 g/mol. The van der Waals surface area contributed by atoms with E-state index in [2.05, 4.69) is 5.32 Å². The minimum atomic E-state index is -1.17. The lowest BCUT2D eigenvalue weighted by molar-refractivity contribution is -0.148. The molecule has 0 aliphatic carbocycles. The summed E-state index contributed by atoms with van der Waals surface area (Å²) in [7, 11) is 3.81. The maximum absolute atomic E-state index is 13.6. The van der Waals surface area contributed by atoms with E-state index >= 15 is 0 Å². The van der Waals surface area contributed by atoms with Gasteiger partial charge in [-0.3, -0.25) is 4.79 Å². The molecule has 150 valence electrons. The number of carbonyl (C=O) groups is 2. The number of amides is 1. The van der Waals surface area contributed by atoms with Gasteiger partial charge in [0.1, 0.15) is 17.5 Å². The van der Waals surface area contributed by atoms with Gasteiger partial charge in [-0.05, 0) is 55.3 Å². The van der Waals surface area contributed by atoms with Crippen molar-refractivity contribution in [3.63, 3.8) is 0 Å². The summed E-state index contributed by atoms with van der Waals surface area (Å²) in [4.78, 5) is 26.4. The van der Waals surface area contributed by atoms with Crippen LogP contribution in [0.3, 0.4) is 0 Å². The number of esters is 1. The average Bonchev–Trinajstić information content (AvgIpc) is 2.69. The van der Waals surface area contributed by atoms with Crippen LogP contribution in [-0.2, 0) is 14.3 Å². The Balaban J connectivity index is 2.04. The molecule has 2 aromatic rings. The highest BCUT2D eigenvalue weighted by Gasteiger charge is 2.21. The normalized spacial score (nSPS) is 11.9. The Bertz CT molecular complexity index is 976. The first-order valence-electron chi connectivity index (χ1n) is 8.88. The van der Waals surface area contributed by atoms with Crippen LogP contribution in [-0.4, -0.2) is 32.1 Å². The van der Waals surface area contributed by atoms with E-state index in [4.69, 9.17) is 4.74 Å². The zero-order valence-corrected chi connectivity index (χ0v) is 16.7. The van der Waals surface area contributed by atoms with E-state index in [-0.39, 0.29) is 11.3 Å². The molecule has 0 unspecified atom stereocenters. The molecule has 0 aromatic heterocycles. The molecule has 1 atom stereocenters. The van der Waals surface area contributed by atoms with Crippen LogP contribution in [0.1, 0.15) is 18.1 Å². The van der Waals surface area contributed by atoms with Crippen LogP contribution in [0.25, 0.3) is 6.08 Å². The van der Waals surface area contributed by atoms with Gasteiger partial charge in [-0.15, -0.1) is 0 Å². The molecule has 1 N–H and O–H groups in total. The first kappa shape index (κ1) is 21.6. The van der Waals surface area contributed by atoms with Gasteiger partial charge in [0, 0.05) is 25.5 Å². The second-order valence-electron chi connectivity index (χ2n) is 6.66. The first-order valence-corrected chi connectivity index (χ1v) is 8.88. The van der Waals surface area contributed by atoms with Crippen molar-refractivity contribution in [2.75, 3.05) is 24.3 Å². The number of aryl methyl sites for hydroxylation is 1. The van der Waals surface area contributed by atoms with Crippen LogP contribution in [0.4, 0.5) is 15.8 Å². The van der Waals surface area contributed by atoms with Gasteiger partial charge in [0.15, 0.2) is 6.10 Å². The van der Waals surface area contributed by atoms with E-state index in [0.29, 0.717) is 11.1 Å². The van der Waals surface area contributed by atoms with Crippen LogP contribution in [0, 0.1) is 24.1 Å². The molecule has 0 saturated heterocycles. The number of nitriles is 1. The van der Waals surface area contributed by atoms with Crippen molar-refractivity contribution < 1.29 is 18.7 Å². The quantitative estimate of drug-likeness (QED) is 0.458. The van der Waals surface area contributed by atoms with Crippen LogP contribution in [0.5, 0.6) is 0 Å². The van der Waals surface area contributed by atoms with Crippen molar-refractivity contribution in [1.82, 2.24) is 0 Å². The number of benzene rings is 2. The van der Waals surface area contributed by atoms with Crippen molar-refractivity contribution >= 4 is 29.3 Å². The van der Waals surface area contributed by atoms with Crippen molar-refractivity contribution in [2.45, 2.75) is 20.0 Å². The molecule has 0 heterocycles. The highest BCUT2D eigenvalue weighted by molar-refractivity contribution is 6.01. The standard InChI is InChI=1S/C22H22FN3O3/c1-14-5-8-18(12-20(14)23)25-21(27)15(2)29-22(28)17(13-24)11-16-6-9-19(10-7-16)26(3)4/h5-12,15H,1-4H3,(H,25,27)/b17-11+/t15-/m1/s1. The predicted molar refractivity (Wildman–Crippen MR) is 110 cm³/mol. The van der Waals surface area contributed by atoms with Crippen molar-refractivity contribution in [3.05, 3.63) is 65.0 Å². The van der Waals surface area contributed by atoms with E-state index in [1.54, 1.807) is 31.2 Å². The van der Waals surface area contributed by atoms with Gasteiger partial charge in [0.05, 0.1) is 0 Å². The summed E-state index contributed by atoms with van der Waals surface area (Å²) in [6, 6.07) is 13.3. The van der Waals surface area contributed by atoms with E-state index < -0.39 is 23.8 Å². The van der Waals surface area contributed by atoms with Crippen molar-refractivity contribution in [3.8, 4) is 6.07 Å². The number of nitrogens with one attached hydrogen (secondary N) is 1. The molecule has 0 aliphatic rings. The number of carbonyl (C=O) groups excluding carboxylic acids is 2. The van der Waals surface area contributed by atoms with Crippen molar-refractivity contribution in [1.29, 1.82) is 5.26 Å². The Morgan fingerprint density at radius 3 is 2.41 bits per heavy atom. The topological polar surface area (TPSA) is 82.4 Å². The Hall–Kier alpha value is -3.66. The number of hydrogen-bond acceptors (Lipinski definition) is 5. The maximum atomic E-state index is 13.6. The Morgan fingerprint density at radius 1 is 1.21 bits per heavy atom. The van der Waals surface area contributed by atoms with E-state index in [1.807, 2.05) is 31.1 Å². The second-order valence-corrected chi connectivity index (χ2v) is 6.66. The number of ether oxygens (including phenoxy) is 1. The fourth-order valence-electron chi connectivity index (χ4n) is 2.36. The molecule has 29 heavy (non-hydrogen) atoms. The number of rotatable bonds is 6. The Kier molecular flexibility index (Phi) is 7.10. The fraction of sp³-hybridized carbons (Fsp3) is 0.227. The predicted octanol–water partition coefficient (Wildman–Crippen LogP) is 3.68. The Morgan fingerprint density at radius 2 is 1.86 bits per heavy atom. The summed E-state index contributed by atoms with van der Waals surface area (Å²) >= 11 is 0. The van der Waals surface area contributed by atoms with E-state index in [9.17, 15) is 19.2 Å². The molecule has 2 rings (SSSR count). The monoisotopic (exact) mass is 395 g/mol. The lowest BCUT2D eigenvalue weighted by atomic mass is 10.1. The summed E-state index contributed by atoms with van der Waals surface area (Å²) in [5.74, 6) is -2.00. The van der Waals surface area contributed by atoms with Gasteiger partial charge in [-0.1, -0.05) is 18.2 Å². The van der Waals surface area contributed by atoms with E-state index in [0.717, 1.165) is 5.69 Å². The molecule has 1 amide bonds. The largest absolute Gasteiger partial charge is 0.448 e. The molecule has 0 spiro atoms. The van der Waals surface area contributed by atoms with Crippen LogP contribution in [0.2, 0.25) is 0 Å². The summed E-state index contributed by atoms with van der Waals surface area (Å²) < 4.78 is 18.7. The highest BCUT2D eigenvalue weighted by atomic mass is 19.1. The molecule has 0 bridgehead atoms. The number of hydrogen-bond donors (Lipinski definition) is 1. The third kappa shape index (κ3) is 5.91. The molecular formula is C22H22FN3O3. The second kappa shape index (κ2) is 9.51. The summed E-state index contributed by atoms with van der Waals surface area (Å²) in [5.41, 5.74) is 2.09.